The van der Waals surface area contributed by atoms with Gasteiger partial charge >= 0.3 is 0 Å². The maximum atomic E-state index is 4.99. The van der Waals surface area contributed by atoms with Crippen molar-refractivity contribution in [2.24, 2.45) is 5.92 Å². The number of hydrogen-bond donors (Lipinski definition) is 0. The van der Waals surface area contributed by atoms with Gasteiger partial charge in [0.1, 0.15) is 0 Å². The summed E-state index contributed by atoms with van der Waals surface area (Å²) < 4.78 is 4.99. The second-order valence-electron chi connectivity index (χ2n) is 4.79. The standard InChI is InChI=1S/C15H22O/c1-12(2)9-14-5-7-15(8-6-14)10-13(3)11-16-4/h5-8,11-12H,9-10H2,1-4H3/b13-11+. The van der Waals surface area contributed by atoms with E-state index >= 15 is 0 Å². The second-order valence-corrected chi connectivity index (χ2v) is 4.79. The van der Waals surface area contributed by atoms with Gasteiger partial charge in [0.05, 0.1) is 13.4 Å². The summed E-state index contributed by atoms with van der Waals surface area (Å²) in [6, 6.07) is 8.89. The van der Waals surface area contributed by atoms with Crippen LogP contribution in [0.25, 0.3) is 0 Å². The predicted octanol–water partition coefficient (Wildman–Crippen LogP) is 3.98. The molecule has 0 fully saturated rings. The topological polar surface area (TPSA) is 9.23 Å². The van der Waals surface area contributed by atoms with Gasteiger partial charge in [-0.2, -0.15) is 0 Å². The van der Waals surface area contributed by atoms with Crippen LogP contribution in [-0.2, 0) is 17.6 Å². The van der Waals surface area contributed by atoms with Crippen molar-refractivity contribution in [1.82, 2.24) is 0 Å². The summed E-state index contributed by atoms with van der Waals surface area (Å²) >= 11 is 0. The van der Waals surface area contributed by atoms with Gasteiger partial charge in [-0.15, -0.1) is 0 Å². The van der Waals surface area contributed by atoms with Gasteiger partial charge in [-0.3, -0.25) is 0 Å². The Hall–Kier alpha value is -1.24. The first kappa shape index (κ1) is 12.8. The van der Waals surface area contributed by atoms with Gasteiger partial charge in [0, 0.05) is 0 Å². The van der Waals surface area contributed by atoms with Crippen molar-refractivity contribution < 1.29 is 4.74 Å². The minimum absolute atomic E-state index is 0.723. The fraction of sp³-hybridized carbons (Fsp3) is 0.467. The molecule has 0 bridgehead atoms. The quantitative estimate of drug-likeness (QED) is 0.679. The second kappa shape index (κ2) is 6.37. The number of hydrogen-bond acceptors (Lipinski definition) is 1. The summed E-state index contributed by atoms with van der Waals surface area (Å²) in [7, 11) is 1.69. The van der Waals surface area contributed by atoms with Crippen LogP contribution in [0.3, 0.4) is 0 Å². The van der Waals surface area contributed by atoms with Gasteiger partial charge in [0.15, 0.2) is 0 Å². The molecule has 0 N–H and O–H groups in total. The van der Waals surface area contributed by atoms with Crippen molar-refractivity contribution in [3.63, 3.8) is 0 Å². The first-order valence-corrected chi connectivity index (χ1v) is 5.88. The molecule has 0 radical (unpaired) electrons. The van der Waals surface area contributed by atoms with Gasteiger partial charge < -0.3 is 4.74 Å². The van der Waals surface area contributed by atoms with E-state index in [2.05, 4.69) is 45.0 Å². The van der Waals surface area contributed by atoms with Crippen LogP contribution in [-0.4, -0.2) is 7.11 Å². The molecule has 1 rings (SSSR count). The molecule has 1 heteroatoms. The first-order chi connectivity index (χ1) is 7.61. The molecule has 88 valence electrons. The lowest BCUT2D eigenvalue weighted by atomic mass is 10.00. The van der Waals surface area contributed by atoms with Crippen molar-refractivity contribution in [1.29, 1.82) is 0 Å². The Kier molecular flexibility index (Phi) is 5.10. The van der Waals surface area contributed by atoms with Gasteiger partial charge in [-0.1, -0.05) is 38.1 Å². The summed E-state index contributed by atoms with van der Waals surface area (Å²) in [6.45, 7) is 6.59. The third-order valence-electron chi connectivity index (χ3n) is 2.47. The number of benzene rings is 1. The highest BCUT2D eigenvalue weighted by Gasteiger charge is 1.99. The molecule has 0 amide bonds. The number of ether oxygens (including phenoxy) is 1. The van der Waals surface area contributed by atoms with Crippen molar-refractivity contribution in [2.75, 3.05) is 7.11 Å². The molecule has 0 saturated carbocycles. The van der Waals surface area contributed by atoms with Crippen molar-refractivity contribution in [2.45, 2.75) is 33.6 Å². The molecule has 0 saturated heterocycles. The van der Waals surface area contributed by atoms with Crippen LogP contribution < -0.4 is 0 Å². The van der Waals surface area contributed by atoms with Crippen LogP contribution in [0.5, 0.6) is 0 Å². The molecule has 0 spiro atoms. The summed E-state index contributed by atoms with van der Waals surface area (Å²) in [5.41, 5.74) is 4.02. The van der Waals surface area contributed by atoms with Crippen molar-refractivity contribution in [3.05, 3.63) is 47.2 Å². The fourth-order valence-corrected chi connectivity index (χ4v) is 1.83. The normalized spacial score (nSPS) is 11.9. The maximum absolute atomic E-state index is 4.99. The van der Waals surface area contributed by atoms with Crippen LogP contribution in [0.15, 0.2) is 36.1 Å². The molecule has 1 nitrogen and oxygen atoms in total. The Morgan fingerprint density at radius 2 is 1.75 bits per heavy atom. The van der Waals surface area contributed by atoms with Gasteiger partial charge in [-0.25, -0.2) is 0 Å². The zero-order chi connectivity index (χ0) is 12.0. The Morgan fingerprint density at radius 1 is 1.19 bits per heavy atom. The van der Waals surface area contributed by atoms with E-state index in [1.165, 1.54) is 16.7 Å². The van der Waals surface area contributed by atoms with Crippen molar-refractivity contribution in [3.8, 4) is 0 Å². The third-order valence-corrected chi connectivity index (χ3v) is 2.47. The van der Waals surface area contributed by atoms with E-state index in [0.29, 0.717) is 0 Å². The lowest BCUT2D eigenvalue weighted by molar-refractivity contribution is 0.333. The Balaban J connectivity index is 2.61. The Labute approximate surface area is 99.1 Å². The molecule has 0 unspecified atom stereocenters. The van der Waals surface area contributed by atoms with E-state index in [-0.39, 0.29) is 0 Å². The lowest BCUT2D eigenvalue weighted by Crippen LogP contribution is -1.94. The molecule has 1 aromatic rings. The molecular formula is C15H22O. The van der Waals surface area contributed by atoms with Crippen LogP contribution in [0.4, 0.5) is 0 Å². The molecule has 0 atom stereocenters. The van der Waals surface area contributed by atoms with Crippen LogP contribution in [0, 0.1) is 5.92 Å². The highest BCUT2D eigenvalue weighted by atomic mass is 16.5. The molecule has 0 aliphatic rings. The van der Waals surface area contributed by atoms with E-state index in [1.54, 1.807) is 7.11 Å². The molecule has 0 aliphatic carbocycles. The van der Waals surface area contributed by atoms with Gasteiger partial charge in [-0.05, 0) is 42.4 Å². The maximum Gasteiger partial charge on any atom is 0.0817 e. The molecule has 0 aliphatic heterocycles. The van der Waals surface area contributed by atoms with E-state index in [9.17, 15) is 0 Å². The SMILES string of the molecule is CO/C=C(\C)Cc1ccc(CC(C)C)cc1. The zero-order valence-electron chi connectivity index (χ0n) is 10.8. The monoisotopic (exact) mass is 218 g/mol. The zero-order valence-corrected chi connectivity index (χ0v) is 10.8. The first-order valence-electron chi connectivity index (χ1n) is 5.88. The van der Waals surface area contributed by atoms with Gasteiger partial charge in [0.25, 0.3) is 0 Å². The predicted molar refractivity (Wildman–Crippen MR) is 69.5 cm³/mol. The van der Waals surface area contributed by atoms with Crippen LogP contribution in [0.1, 0.15) is 31.9 Å². The minimum Gasteiger partial charge on any atom is -0.504 e. The Morgan fingerprint density at radius 3 is 2.25 bits per heavy atom. The van der Waals surface area contributed by atoms with E-state index in [0.717, 1.165) is 18.8 Å². The summed E-state index contributed by atoms with van der Waals surface area (Å²) in [5.74, 6) is 0.723. The Bertz CT molecular complexity index is 333. The van der Waals surface area contributed by atoms with Crippen molar-refractivity contribution >= 4 is 0 Å². The summed E-state index contributed by atoms with van der Waals surface area (Å²) in [4.78, 5) is 0. The average Bonchev–Trinajstić information content (AvgIpc) is 2.20. The van der Waals surface area contributed by atoms with E-state index in [4.69, 9.17) is 4.74 Å². The summed E-state index contributed by atoms with van der Waals surface area (Å²) in [6.07, 6.45) is 3.94. The van der Waals surface area contributed by atoms with E-state index < -0.39 is 0 Å². The summed E-state index contributed by atoms with van der Waals surface area (Å²) in [5, 5.41) is 0. The molecule has 0 aromatic heterocycles. The fourth-order valence-electron chi connectivity index (χ4n) is 1.83. The largest absolute Gasteiger partial charge is 0.504 e. The number of allylic oxidation sites excluding steroid dienone is 1. The van der Waals surface area contributed by atoms with Gasteiger partial charge in [0.2, 0.25) is 0 Å². The van der Waals surface area contributed by atoms with Crippen LogP contribution in [0.2, 0.25) is 0 Å². The third kappa shape index (κ3) is 4.52. The average molecular weight is 218 g/mol. The smallest absolute Gasteiger partial charge is 0.0817 e. The molecule has 0 heterocycles. The van der Waals surface area contributed by atoms with Crippen LogP contribution >= 0.6 is 0 Å². The highest BCUT2D eigenvalue weighted by molar-refractivity contribution is 5.25. The highest BCUT2D eigenvalue weighted by Crippen LogP contribution is 2.12. The molecule has 1 aromatic carbocycles. The molecular weight excluding hydrogens is 196 g/mol. The molecule has 16 heavy (non-hydrogen) atoms. The minimum atomic E-state index is 0.723. The number of methoxy groups -OCH3 is 1. The lowest BCUT2D eigenvalue weighted by Gasteiger charge is -2.06. The number of rotatable bonds is 5. The van der Waals surface area contributed by atoms with E-state index in [1.807, 2.05) is 6.26 Å².